The Morgan fingerprint density at radius 1 is 1.31 bits per heavy atom. The summed E-state index contributed by atoms with van der Waals surface area (Å²) in [6.07, 6.45) is 2.67. The van der Waals surface area contributed by atoms with Crippen molar-refractivity contribution in [3.05, 3.63) is 29.8 Å². The maximum Gasteiger partial charge on any atom is 0.0317 e. The highest BCUT2D eigenvalue weighted by Gasteiger charge is 2.15. The molecule has 0 radical (unpaired) electrons. The van der Waals surface area contributed by atoms with Crippen molar-refractivity contribution in [2.75, 3.05) is 18.8 Å². The summed E-state index contributed by atoms with van der Waals surface area (Å²) in [6, 6.07) is 8.23. The summed E-state index contributed by atoms with van der Waals surface area (Å²) in [7, 11) is 0. The van der Waals surface area contributed by atoms with Crippen molar-refractivity contribution in [1.82, 2.24) is 4.90 Å². The molecule has 0 aromatic heterocycles. The molecule has 0 aliphatic carbocycles. The van der Waals surface area contributed by atoms with Crippen molar-refractivity contribution >= 4 is 18.1 Å². The second-order valence-electron chi connectivity index (χ2n) is 4.70. The molecule has 1 fully saturated rings. The Bertz CT molecular complexity index is 319. The number of anilines is 1. The zero-order valence-corrected chi connectivity index (χ0v) is 10.7. The van der Waals surface area contributed by atoms with E-state index in [9.17, 15) is 0 Å². The minimum atomic E-state index is 0. The SMILES string of the molecule is CC1CCN(Cc2cccc(N)c2)CC1.Cl. The highest BCUT2D eigenvalue weighted by Crippen LogP contribution is 2.18. The van der Waals surface area contributed by atoms with E-state index >= 15 is 0 Å². The van der Waals surface area contributed by atoms with E-state index in [1.54, 1.807) is 0 Å². The van der Waals surface area contributed by atoms with Gasteiger partial charge in [-0.05, 0) is 49.5 Å². The first kappa shape index (κ1) is 13.3. The summed E-state index contributed by atoms with van der Waals surface area (Å²) in [6.45, 7) is 5.86. The van der Waals surface area contributed by atoms with Gasteiger partial charge in [-0.1, -0.05) is 19.1 Å². The predicted molar refractivity (Wildman–Crippen MR) is 71.8 cm³/mol. The maximum atomic E-state index is 5.77. The number of hydrogen-bond donors (Lipinski definition) is 1. The first-order valence-corrected chi connectivity index (χ1v) is 5.81. The molecule has 0 spiro atoms. The molecule has 1 heterocycles. The van der Waals surface area contributed by atoms with Gasteiger partial charge in [0.1, 0.15) is 0 Å². The molecule has 1 aliphatic heterocycles. The number of nitrogens with two attached hydrogens (primary N) is 1. The van der Waals surface area contributed by atoms with Crippen LogP contribution in [0.3, 0.4) is 0 Å². The molecule has 0 saturated carbocycles. The minimum absolute atomic E-state index is 0. The molecular formula is C13H21ClN2. The summed E-state index contributed by atoms with van der Waals surface area (Å²) >= 11 is 0. The number of halogens is 1. The van der Waals surface area contributed by atoms with Crippen molar-refractivity contribution in [3.8, 4) is 0 Å². The Labute approximate surface area is 104 Å². The number of piperidine rings is 1. The molecule has 90 valence electrons. The Morgan fingerprint density at radius 3 is 2.62 bits per heavy atom. The summed E-state index contributed by atoms with van der Waals surface area (Å²) in [5.74, 6) is 0.905. The summed E-state index contributed by atoms with van der Waals surface area (Å²) < 4.78 is 0. The molecule has 2 nitrogen and oxygen atoms in total. The van der Waals surface area contributed by atoms with Gasteiger partial charge in [-0.3, -0.25) is 4.90 Å². The molecule has 2 N–H and O–H groups in total. The highest BCUT2D eigenvalue weighted by atomic mass is 35.5. The van der Waals surface area contributed by atoms with Crippen LogP contribution in [-0.2, 0) is 6.54 Å². The monoisotopic (exact) mass is 240 g/mol. The van der Waals surface area contributed by atoms with Gasteiger partial charge in [0, 0.05) is 12.2 Å². The van der Waals surface area contributed by atoms with E-state index in [0.29, 0.717) is 0 Å². The van der Waals surface area contributed by atoms with E-state index in [-0.39, 0.29) is 12.4 Å². The Kier molecular flexibility index (Phi) is 5.10. The number of rotatable bonds is 2. The standard InChI is InChI=1S/C13H20N2.ClH/c1-11-5-7-15(8-6-11)10-12-3-2-4-13(14)9-12;/h2-4,9,11H,5-8,10,14H2,1H3;1H. The number of likely N-dealkylation sites (tertiary alicyclic amines) is 1. The van der Waals surface area contributed by atoms with Gasteiger partial charge < -0.3 is 5.73 Å². The molecule has 3 heteroatoms. The van der Waals surface area contributed by atoms with Crippen LogP contribution in [0.1, 0.15) is 25.3 Å². The molecule has 0 atom stereocenters. The van der Waals surface area contributed by atoms with Crippen molar-refractivity contribution in [1.29, 1.82) is 0 Å². The van der Waals surface area contributed by atoms with Gasteiger partial charge >= 0.3 is 0 Å². The van der Waals surface area contributed by atoms with Gasteiger partial charge in [0.15, 0.2) is 0 Å². The zero-order chi connectivity index (χ0) is 10.7. The quantitative estimate of drug-likeness (QED) is 0.806. The van der Waals surface area contributed by atoms with Gasteiger partial charge in [-0.15, -0.1) is 12.4 Å². The lowest BCUT2D eigenvalue weighted by Crippen LogP contribution is -2.32. The van der Waals surface area contributed by atoms with Crippen LogP contribution in [0.15, 0.2) is 24.3 Å². The van der Waals surface area contributed by atoms with Gasteiger partial charge in [-0.25, -0.2) is 0 Å². The highest BCUT2D eigenvalue weighted by molar-refractivity contribution is 5.85. The Hall–Kier alpha value is -0.730. The van der Waals surface area contributed by atoms with Crippen LogP contribution in [0.2, 0.25) is 0 Å². The lowest BCUT2D eigenvalue weighted by molar-refractivity contribution is 0.185. The lowest BCUT2D eigenvalue weighted by atomic mass is 9.99. The van der Waals surface area contributed by atoms with Crippen molar-refractivity contribution < 1.29 is 0 Å². The van der Waals surface area contributed by atoms with Crippen LogP contribution in [0.5, 0.6) is 0 Å². The van der Waals surface area contributed by atoms with E-state index in [4.69, 9.17) is 5.73 Å². The molecule has 1 aliphatic rings. The fourth-order valence-electron chi connectivity index (χ4n) is 2.17. The van der Waals surface area contributed by atoms with Gasteiger partial charge in [-0.2, -0.15) is 0 Å². The van der Waals surface area contributed by atoms with Crippen molar-refractivity contribution in [2.24, 2.45) is 5.92 Å². The number of nitrogens with zero attached hydrogens (tertiary/aromatic N) is 1. The molecule has 1 saturated heterocycles. The van der Waals surface area contributed by atoms with Gasteiger partial charge in [0.2, 0.25) is 0 Å². The third-order valence-electron chi connectivity index (χ3n) is 3.23. The third-order valence-corrected chi connectivity index (χ3v) is 3.23. The smallest absolute Gasteiger partial charge is 0.0317 e. The molecular weight excluding hydrogens is 220 g/mol. The van der Waals surface area contributed by atoms with E-state index in [1.165, 1.54) is 31.5 Å². The van der Waals surface area contributed by atoms with Crippen LogP contribution in [0.4, 0.5) is 5.69 Å². The molecule has 16 heavy (non-hydrogen) atoms. The summed E-state index contributed by atoms with van der Waals surface area (Å²) in [4.78, 5) is 2.52. The molecule has 0 bridgehead atoms. The Morgan fingerprint density at radius 2 is 2.00 bits per heavy atom. The first-order valence-electron chi connectivity index (χ1n) is 5.81. The lowest BCUT2D eigenvalue weighted by Gasteiger charge is -2.30. The fraction of sp³-hybridized carbons (Fsp3) is 0.538. The second kappa shape index (κ2) is 6.12. The van der Waals surface area contributed by atoms with E-state index in [0.717, 1.165) is 18.2 Å². The van der Waals surface area contributed by atoms with Crippen molar-refractivity contribution in [2.45, 2.75) is 26.3 Å². The number of hydrogen-bond acceptors (Lipinski definition) is 2. The summed E-state index contributed by atoms with van der Waals surface area (Å²) in [5.41, 5.74) is 7.98. The molecule has 0 amide bonds. The largest absolute Gasteiger partial charge is 0.399 e. The van der Waals surface area contributed by atoms with E-state index < -0.39 is 0 Å². The van der Waals surface area contributed by atoms with Crippen LogP contribution in [0.25, 0.3) is 0 Å². The normalized spacial score (nSPS) is 18.1. The average molecular weight is 241 g/mol. The minimum Gasteiger partial charge on any atom is -0.399 e. The number of nitrogen functional groups attached to an aromatic ring is 1. The molecule has 2 rings (SSSR count). The average Bonchev–Trinajstić information content (AvgIpc) is 2.22. The number of benzene rings is 1. The van der Waals surface area contributed by atoms with Crippen LogP contribution in [-0.4, -0.2) is 18.0 Å². The molecule has 1 aromatic carbocycles. The van der Waals surface area contributed by atoms with E-state index in [1.807, 2.05) is 12.1 Å². The van der Waals surface area contributed by atoms with Crippen LogP contribution >= 0.6 is 12.4 Å². The maximum absolute atomic E-state index is 5.77. The van der Waals surface area contributed by atoms with E-state index in [2.05, 4.69) is 24.0 Å². The van der Waals surface area contributed by atoms with Crippen LogP contribution < -0.4 is 5.73 Å². The third kappa shape index (κ3) is 3.69. The zero-order valence-electron chi connectivity index (χ0n) is 9.86. The summed E-state index contributed by atoms with van der Waals surface area (Å²) in [5, 5.41) is 0. The fourth-order valence-corrected chi connectivity index (χ4v) is 2.17. The Balaban J connectivity index is 0.00000128. The second-order valence-corrected chi connectivity index (χ2v) is 4.70. The van der Waals surface area contributed by atoms with Crippen molar-refractivity contribution in [3.63, 3.8) is 0 Å². The van der Waals surface area contributed by atoms with Crippen LogP contribution in [0, 0.1) is 5.92 Å². The molecule has 0 unspecified atom stereocenters. The van der Waals surface area contributed by atoms with Gasteiger partial charge in [0.05, 0.1) is 0 Å². The van der Waals surface area contributed by atoms with Gasteiger partial charge in [0.25, 0.3) is 0 Å². The topological polar surface area (TPSA) is 29.3 Å². The first-order chi connectivity index (χ1) is 7.24. The molecule has 1 aromatic rings. The predicted octanol–water partition coefficient (Wildman–Crippen LogP) is 2.92.